The molecule has 0 fully saturated rings. The number of aromatic nitrogens is 2. The molecule has 2 heterocycles. The van der Waals surface area contributed by atoms with Crippen LogP contribution in [0.4, 0.5) is 14.9 Å². The summed E-state index contributed by atoms with van der Waals surface area (Å²) in [6.45, 7) is 0. The lowest BCUT2D eigenvalue weighted by atomic mass is 10.3. The van der Waals surface area contributed by atoms with Crippen LogP contribution in [-0.4, -0.2) is 15.5 Å². The largest absolute Gasteiger partial charge is 0.417 e. The summed E-state index contributed by atoms with van der Waals surface area (Å²) in [4.78, 5) is 16.0. The predicted molar refractivity (Wildman–Crippen MR) is 81.3 cm³/mol. The SMILES string of the molecule is O=C(Nc1c(Cl)ccn2ccnc12)Oc1cc(F)ccc1Cl. The molecule has 1 N–H and O–H groups in total. The van der Waals surface area contributed by atoms with Gasteiger partial charge in [-0.25, -0.2) is 14.2 Å². The molecule has 3 rings (SSSR count). The fourth-order valence-corrected chi connectivity index (χ4v) is 2.21. The number of carbonyl (C=O) groups is 1. The highest BCUT2D eigenvalue weighted by Gasteiger charge is 2.14. The zero-order valence-corrected chi connectivity index (χ0v) is 12.4. The smallest absolute Gasteiger partial charge is 0.408 e. The average molecular weight is 340 g/mol. The first kappa shape index (κ1) is 14.6. The third-order valence-electron chi connectivity index (χ3n) is 2.84. The highest BCUT2D eigenvalue weighted by Crippen LogP contribution is 2.28. The molecule has 0 saturated heterocycles. The summed E-state index contributed by atoms with van der Waals surface area (Å²) in [6, 6.07) is 5.07. The second kappa shape index (κ2) is 5.82. The Labute approximate surface area is 134 Å². The highest BCUT2D eigenvalue weighted by molar-refractivity contribution is 6.34. The molecule has 0 saturated carbocycles. The van der Waals surface area contributed by atoms with Crippen LogP contribution in [0.15, 0.2) is 42.9 Å². The minimum atomic E-state index is -0.856. The highest BCUT2D eigenvalue weighted by atomic mass is 35.5. The summed E-state index contributed by atoms with van der Waals surface area (Å²) in [5, 5.41) is 2.88. The summed E-state index contributed by atoms with van der Waals surface area (Å²) in [7, 11) is 0. The molecule has 22 heavy (non-hydrogen) atoms. The molecule has 5 nitrogen and oxygen atoms in total. The Bertz CT molecular complexity index is 866. The van der Waals surface area contributed by atoms with Crippen LogP contribution in [0.3, 0.4) is 0 Å². The monoisotopic (exact) mass is 339 g/mol. The maximum atomic E-state index is 13.2. The molecule has 0 aliphatic rings. The van der Waals surface area contributed by atoms with Crippen LogP contribution in [0.25, 0.3) is 5.65 Å². The Morgan fingerprint density at radius 3 is 2.86 bits per heavy atom. The number of amides is 1. The van der Waals surface area contributed by atoms with E-state index in [-0.39, 0.29) is 16.5 Å². The van der Waals surface area contributed by atoms with Gasteiger partial charge < -0.3 is 9.14 Å². The third-order valence-corrected chi connectivity index (χ3v) is 3.46. The van der Waals surface area contributed by atoms with Gasteiger partial charge in [-0.15, -0.1) is 0 Å². The van der Waals surface area contributed by atoms with Gasteiger partial charge in [0.25, 0.3) is 0 Å². The topological polar surface area (TPSA) is 55.6 Å². The summed E-state index contributed by atoms with van der Waals surface area (Å²) < 4.78 is 19.8. The van der Waals surface area contributed by atoms with Crippen molar-refractivity contribution in [3.63, 3.8) is 0 Å². The number of nitrogens with zero attached hydrogens (tertiary/aromatic N) is 2. The molecule has 0 unspecified atom stereocenters. The van der Waals surface area contributed by atoms with E-state index < -0.39 is 11.9 Å². The minimum absolute atomic E-state index is 0.0921. The molecule has 0 aliphatic carbocycles. The molecule has 0 bridgehead atoms. The number of nitrogens with one attached hydrogen (secondary N) is 1. The van der Waals surface area contributed by atoms with Crippen molar-refractivity contribution < 1.29 is 13.9 Å². The van der Waals surface area contributed by atoms with E-state index in [0.717, 1.165) is 12.1 Å². The van der Waals surface area contributed by atoms with Gasteiger partial charge in [-0.05, 0) is 18.2 Å². The van der Waals surface area contributed by atoms with Crippen molar-refractivity contribution in [2.45, 2.75) is 0 Å². The van der Waals surface area contributed by atoms with Crippen LogP contribution < -0.4 is 10.1 Å². The third kappa shape index (κ3) is 2.84. The van der Waals surface area contributed by atoms with E-state index in [9.17, 15) is 9.18 Å². The molecule has 0 atom stereocenters. The number of pyridine rings is 1. The Balaban J connectivity index is 1.86. The molecule has 0 spiro atoms. The Hall–Kier alpha value is -2.31. The lowest BCUT2D eigenvalue weighted by Gasteiger charge is -2.10. The van der Waals surface area contributed by atoms with Gasteiger partial charge in [-0.2, -0.15) is 0 Å². The number of anilines is 1. The summed E-state index contributed by atoms with van der Waals surface area (Å²) in [5.74, 6) is -0.661. The minimum Gasteiger partial charge on any atom is -0.408 e. The van der Waals surface area contributed by atoms with E-state index in [1.165, 1.54) is 6.07 Å². The zero-order chi connectivity index (χ0) is 15.7. The second-order valence-electron chi connectivity index (χ2n) is 4.29. The molecule has 112 valence electrons. The maximum Gasteiger partial charge on any atom is 0.417 e. The number of fused-ring (bicyclic) bond motifs is 1. The van der Waals surface area contributed by atoms with E-state index in [0.29, 0.717) is 10.7 Å². The van der Waals surface area contributed by atoms with Crippen LogP contribution in [0, 0.1) is 5.82 Å². The van der Waals surface area contributed by atoms with Gasteiger partial charge in [-0.1, -0.05) is 23.2 Å². The second-order valence-corrected chi connectivity index (χ2v) is 5.10. The van der Waals surface area contributed by atoms with Crippen molar-refractivity contribution >= 4 is 40.6 Å². The average Bonchev–Trinajstić information content (AvgIpc) is 2.95. The Morgan fingerprint density at radius 2 is 2.05 bits per heavy atom. The summed E-state index contributed by atoms with van der Waals surface area (Å²) in [6.07, 6.45) is 4.10. The Morgan fingerprint density at radius 1 is 1.23 bits per heavy atom. The molecule has 1 amide bonds. The van der Waals surface area contributed by atoms with Gasteiger partial charge in [0.1, 0.15) is 11.5 Å². The first-order valence-electron chi connectivity index (χ1n) is 6.09. The number of halogens is 3. The van der Waals surface area contributed by atoms with Gasteiger partial charge in [0.2, 0.25) is 0 Å². The lowest BCUT2D eigenvalue weighted by Crippen LogP contribution is -2.18. The van der Waals surface area contributed by atoms with E-state index in [1.807, 2.05) is 0 Å². The number of imidazole rings is 1. The fourth-order valence-electron chi connectivity index (χ4n) is 1.86. The first-order chi connectivity index (χ1) is 10.5. The molecule has 8 heteroatoms. The van der Waals surface area contributed by atoms with Crippen molar-refractivity contribution in [1.82, 2.24) is 9.38 Å². The van der Waals surface area contributed by atoms with Crippen LogP contribution >= 0.6 is 23.2 Å². The maximum absolute atomic E-state index is 13.2. The van der Waals surface area contributed by atoms with Crippen molar-refractivity contribution in [1.29, 1.82) is 0 Å². The number of hydrogen-bond acceptors (Lipinski definition) is 3. The molecular formula is C14H8Cl2FN3O2. The van der Waals surface area contributed by atoms with Crippen LogP contribution in [-0.2, 0) is 0 Å². The van der Waals surface area contributed by atoms with E-state index in [1.54, 1.807) is 29.1 Å². The van der Waals surface area contributed by atoms with Gasteiger partial charge in [0, 0.05) is 24.7 Å². The predicted octanol–water partition coefficient (Wildman–Crippen LogP) is 4.39. The number of benzene rings is 1. The summed E-state index contributed by atoms with van der Waals surface area (Å²) in [5.41, 5.74) is 0.737. The normalized spacial score (nSPS) is 10.7. The number of ether oxygens (including phenoxy) is 1. The lowest BCUT2D eigenvalue weighted by molar-refractivity contribution is 0.215. The Kier molecular flexibility index (Phi) is 3.87. The number of hydrogen-bond donors (Lipinski definition) is 1. The number of carbonyl (C=O) groups excluding carboxylic acids is 1. The standard InChI is InChI=1S/C14H8Cl2FN3O2/c15-9-2-1-8(17)7-11(9)22-14(21)19-12-10(16)3-5-20-6-4-18-13(12)20/h1-7H,(H,19,21). The van der Waals surface area contributed by atoms with Crippen molar-refractivity contribution in [3.05, 3.63) is 58.7 Å². The number of rotatable bonds is 2. The summed E-state index contributed by atoms with van der Waals surface area (Å²) >= 11 is 11.9. The van der Waals surface area contributed by atoms with Crippen LogP contribution in [0.1, 0.15) is 0 Å². The zero-order valence-electron chi connectivity index (χ0n) is 10.9. The van der Waals surface area contributed by atoms with Crippen molar-refractivity contribution in [3.8, 4) is 5.75 Å². The van der Waals surface area contributed by atoms with Gasteiger partial charge in [0.05, 0.1) is 10.0 Å². The van der Waals surface area contributed by atoms with Crippen LogP contribution in [0.2, 0.25) is 10.0 Å². The first-order valence-corrected chi connectivity index (χ1v) is 6.85. The van der Waals surface area contributed by atoms with E-state index in [4.69, 9.17) is 27.9 Å². The van der Waals surface area contributed by atoms with Crippen molar-refractivity contribution in [2.24, 2.45) is 0 Å². The van der Waals surface area contributed by atoms with Gasteiger partial charge in [-0.3, -0.25) is 5.32 Å². The molecule has 2 aromatic heterocycles. The molecule has 1 aromatic carbocycles. The van der Waals surface area contributed by atoms with Crippen molar-refractivity contribution in [2.75, 3.05) is 5.32 Å². The molecule has 3 aromatic rings. The van der Waals surface area contributed by atoms with E-state index in [2.05, 4.69) is 10.3 Å². The van der Waals surface area contributed by atoms with E-state index >= 15 is 0 Å². The molecule has 0 radical (unpaired) electrons. The molecular weight excluding hydrogens is 332 g/mol. The van der Waals surface area contributed by atoms with Crippen LogP contribution in [0.5, 0.6) is 5.75 Å². The van der Waals surface area contributed by atoms with Gasteiger partial charge >= 0.3 is 6.09 Å². The quantitative estimate of drug-likeness (QED) is 0.753. The molecule has 0 aliphatic heterocycles. The van der Waals surface area contributed by atoms with Gasteiger partial charge in [0.15, 0.2) is 11.4 Å². The fraction of sp³-hybridized carbons (Fsp3) is 0.